The summed E-state index contributed by atoms with van der Waals surface area (Å²) in [7, 11) is 0. The van der Waals surface area contributed by atoms with Crippen molar-refractivity contribution in [2.45, 2.75) is 18.8 Å². The molecule has 1 N–H and O–H groups in total. The Morgan fingerprint density at radius 3 is 2.95 bits per heavy atom. The van der Waals surface area contributed by atoms with Crippen LogP contribution in [-0.2, 0) is 4.79 Å². The van der Waals surface area contributed by atoms with E-state index in [0.717, 1.165) is 18.6 Å². The zero-order chi connectivity index (χ0) is 14.1. The van der Waals surface area contributed by atoms with Crippen LogP contribution in [0.4, 0.5) is 0 Å². The maximum atomic E-state index is 12.4. The van der Waals surface area contributed by atoms with Crippen molar-refractivity contribution in [1.29, 1.82) is 0 Å². The minimum atomic E-state index is -0.853. The van der Waals surface area contributed by atoms with Gasteiger partial charge >= 0.3 is 5.97 Å². The number of aromatic nitrogens is 1. The molecule has 0 radical (unpaired) electrons. The molecule has 0 bridgehead atoms. The highest BCUT2D eigenvalue weighted by atomic mass is 32.2. The van der Waals surface area contributed by atoms with Gasteiger partial charge in [0.15, 0.2) is 5.89 Å². The van der Waals surface area contributed by atoms with Crippen molar-refractivity contribution >= 4 is 23.6 Å². The van der Waals surface area contributed by atoms with Gasteiger partial charge in [-0.1, -0.05) is 0 Å². The molecule has 2 aliphatic rings. The number of rotatable bonds is 3. The van der Waals surface area contributed by atoms with Crippen LogP contribution in [0.5, 0.6) is 0 Å². The van der Waals surface area contributed by atoms with Gasteiger partial charge in [-0.2, -0.15) is 11.8 Å². The van der Waals surface area contributed by atoms with Crippen LogP contribution in [0.25, 0.3) is 0 Å². The zero-order valence-corrected chi connectivity index (χ0v) is 11.8. The molecule has 3 rings (SSSR count). The third-order valence-corrected chi connectivity index (χ3v) is 4.67. The smallest absolute Gasteiger partial charge is 0.309 e. The third kappa shape index (κ3) is 2.82. The number of aliphatic carboxylic acids is 1. The van der Waals surface area contributed by atoms with Gasteiger partial charge in [0.1, 0.15) is 0 Å². The van der Waals surface area contributed by atoms with Crippen molar-refractivity contribution in [1.82, 2.24) is 9.88 Å². The van der Waals surface area contributed by atoms with Crippen molar-refractivity contribution in [2.75, 3.05) is 24.6 Å². The molecule has 20 heavy (non-hydrogen) atoms. The average molecular weight is 296 g/mol. The fraction of sp³-hybridized carbons (Fsp3) is 0.615. The number of carbonyl (C=O) groups excluding carboxylic acids is 1. The maximum absolute atomic E-state index is 12.4. The summed E-state index contributed by atoms with van der Waals surface area (Å²) in [6, 6.07) is 0. The lowest BCUT2D eigenvalue weighted by atomic mass is 10.1. The first-order valence-corrected chi connectivity index (χ1v) is 7.86. The summed E-state index contributed by atoms with van der Waals surface area (Å²) >= 11 is 1.57. The predicted octanol–water partition coefficient (Wildman–Crippen LogP) is 1.44. The molecule has 7 heteroatoms. The lowest BCUT2D eigenvalue weighted by molar-refractivity contribution is -0.141. The number of hydrogen-bond acceptors (Lipinski definition) is 5. The van der Waals surface area contributed by atoms with Crippen LogP contribution in [0.1, 0.15) is 35.2 Å². The third-order valence-electron chi connectivity index (χ3n) is 3.56. The molecule has 1 aromatic heterocycles. The van der Waals surface area contributed by atoms with Gasteiger partial charge in [-0.25, -0.2) is 4.98 Å². The Hall–Kier alpha value is -1.50. The monoisotopic (exact) mass is 296 g/mol. The number of hydrogen-bond donors (Lipinski definition) is 1. The fourth-order valence-electron chi connectivity index (χ4n) is 2.21. The van der Waals surface area contributed by atoms with Crippen molar-refractivity contribution in [3.05, 3.63) is 17.8 Å². The van der Waals surface area contributed by atoms with Crippen LogP contribution in [0, 0.1) is 5.92 Å². The van der Waals surface area contributed by atoms with Crippen molar-refractivity contribution < 1.29 is 19.1 Å². The largest absolute Gasteiger partial charge is 0.481 e. The van der Waals surface area contributed by atoms with Crippen molar-refractivity contribution in [3.8, 4) is 0 Å². The van der Waals surface area contributed by atoms with Crippen LogP contribution < -0.4 is 0 Å². The van der Waals surface area contributed by atoms with Crippen LogP contribution in [-0.4, -0.2) is 51.5 Å². The van der Waals surface area contributed by atoms with Gasteiger partial charge in [-0.05, 0) is 12.8 Å². The highest BCUT2D eigenvalue weighted by Crippen LogP contribution is 2.39. The number of carboxylic acid groups (broad SMARTS) is 1. The van der Waals surface area contributed by atoms with E-state index in [1.807, 2.05) is 0 Å². The summed E-state index contributed by atoms with van der Waals surface area (Å²) in [5, 5.41) is 9.13. The van der Waals surface area contributed by atoms with Crippen LogP contribution in [0.15, 0.2) is 10.6 Å². The zero-order valence-electron chi connectivity index (χ0n) is 10.9. The molecular weight excluding hydrogens is 280 g/mol. The molecule has 1 aliphatic carbocycles. The Labute approximate surface area is 120 Å². The summed E-state index contributed by atoms with van der Waals surface area (Å²) in [6.07, 6.45) is 3.59. The Morgan fingerprint density at radius 2 is 2.25 bits per heavy atom. The van der Waals surface area contributed by atoms with E-state index in [-0.39, 0.29) is 18.2 Å². The molecule has 2 fully saturated rings. The van der Waals surface area contributed by atoms with Gasteiger partial charge in [0.25, 0.3) is 5.91 Å². The number of amides is 1. The molecule has 6 nitrogen and oxygen atoms in total. The van der Waals surface area contributed by atoms with E-state index < -0.39 is 11.9 Å². The normalized spacial score (nSPS) is 23.4. The van der Waals surface area contributed by atoms with E-state index in [9.17, 15) is 9.59 Å². The summed E-state index contributed by atoms with van der Waals surface area (Å²) in [5.74, 6) is 0.893. The second kappa shape index (κ2) is 5.47. The topological polar surface area (TPSA) is 83.6 Å². The molecule has 108 valence electrons. The standard InChI is InChI=1S/C13H16N2O4S/c16-12(10-5-14-11(19-10)8-1-2-8)15-3-4-20-7-9(6-15)13(17)18/h5,8-9H,1-4,6-7H2,(H,17,18). The summed E-state index contributed by atoms with van der Waals surface area (Å²) in [6.45, 7) is 0.785. The SMILES string of the molecule is O=C(O)C1CSCCN(C(=O)c2cnc(C3CC3)o2)C1. The second-order valence-corrected chi connectivity index (χ2v) is 6.35. The predicted molar refractivity (Wildman–Crippen MR) is 72.8 cm³/mol. The molecule has 1 unspecified atom stereocenters. The molecule has 2 heterocycles. The van der Waals surface area contributed by atoms with Gasteiger partial charge in [0.2, 0.25) is 5.76 Å². The highest BCUT2D eigenvalue weighted by Gasteiger charge is 2.32. The molecule has 1 atom stereocenters. The number of thioether (sulfide) groups is 1. The molecule has 0 spiro atoms. The Morgan fingerprint density at radius 1 is 1.45 bits per heavy atom. The van der Waals surface area contributed by atoms with Gasteiger partial charge in [-0.15, -0.1) is 0 Å². The molecule has 1 saturated heterocycles. The van der Waals surface area contributed by atoms with Gasteiger partial charge in [-0.3, -0.25) is 9.59 Å². The van der Waals surface area contributed by atoms with Crippen LogP contribution >= 0.6 is 11.8 Å². The molecule has 1 amide bonds. The molecule has 1 aliphatic heterocycles. The van der Waals surface area contributed by atoms with E-state index in [2.05, 4.69) is 4.98 Å². The van der Waals surface area contributed by atoms with Crippen molar-refractivity contribution in [2.24, 2.45) is 5.92 Å². The number of nitrogens with zero attached hydrogens (tertiary/aromatic N) is 2. The maximum Gasteiger partial charge on any atom is 0.309 e. The average Bonchev–Trinajstić information content (AvgIpc) is 3.21. The molecular formula is C13H16N2O4S. The first-order valence-electron chi connectivity index (χ1n) is 6.70. The molecule has 0 aromatic carbocycles. The quantitative estimate of drug-likeness (QED) is 0.908. The Kier molecular flexibility index (Phi) is 3.69. The number of carbonyl (C=O) groups is 2. The highest BCUT2D eigenvalue weighted by molar-refractivity contribution is 7.99. The van der Waals surface area contributed by atoms with E-state index in [0.29, 0.717) is 24.1 Å². The summed E-state index contributed by atoms with van der Waals surface area (Å²) in [5.41, 5.74) is 0. The molecule has 1 saturated carbocycles. The fourth-order valence-corrected chi connectivity index (χ4v) is 3.25. The van der Waals surface area contributed by atoms with E-state index in [1.165, 1.54) is 6.20 Å². The van der Waals surface area contributed by atoms with E-state index in [1.54, 1.807) is 16.7 Å². The van der Waals surface area contributed by atoms with Crippen molar-refractivity contribution in [3.63, 3.8) is 0 Å². The summed E-state index contributed by atoms with van der Waals surface area (Å²) < 4.78 is 5.50. The Bertz CT molecular complexity index is 526. The van der Waals surface area contributed by atoms with Crippen LogP contribution in [0.3, 0.4) is 0 Å². The van der Waals surface area contributed by atoms with Gasteiger partial charge in [0.05, 0.1) is 12.1 Å². The van der Waals surface area contributed by atoms with Gasteiger partial charge < -0.3 is 14.4 Å². The van der Waals surface area contributed by atoms with E-state index in [4.69, 9.17) is 9.52 Å². The lowest BCUT2D eigenvalue weighted by Gasteiger charge is -2.20. The van der Waals surface area contributed by atoms with E-state index >= 15 is 0 Å². The first kappa shape index (κ1) is 13.5. The summed E-state index contributed by atoms with van der Waals surface area (Å²) in [4.78, 5) is 29.2. The number of oxazole rings is 1. The minimum absolute atomic E-state index is 0.225. The van der Waals surface area contributed by atoms with Gasteiger partial charge in [0, 0.05) is 30.5 Å². The van der Waals surface area contributed by atoms with Crippen LogP contribution in [0.2, 0.25) is 0 Å². The minimum Gasteiger partial charge on any atom is -0.481 e. The lowest BCUT2D eigenvalue weighted by Crippen LogP contribution is -2.37. The second-order valence-electron chi connectivity index (χ2n) is 5.20. The molecule has 1 aromatic rings. The first-order chi connectivity index (χ1) is 9.65. The number of carboxylic acids is 1. The Balaban J connectivity index is 1.72.